The van der Waals surface area contributed by atoms with Crippen LogP contribution in [0.2, 0.25) is 0 Å². The SMILES string of the molecule is CC1CC(O)(Cc2ccc(Br)cc2)C1. The largest absolute Gasteiger partial charge is 0.390 e. The van der Waals surface area contributed by atoms with Gasteiger partial charge in [-0.1, -0.05) is 35.0 Å². The first-order valence-corrected chi connectivity index (χ1v) is 5.84. The van der Waals surface area contributed by atoms with Crippen LogP contribution in [-0.4, -0.2) is 10.7 Å². The summed E-state index contributed by atoms with van der Waals surface area (Å²) >= 11 is 3.40. The fourth-order valence-corrected chi connectivity index (χ4v) is 2.63. The van der Waals surface area contributed by atoms with E-state index in [0.29, 0.717) is 5.92 Å². The third-order valence-corrected chi connectivity index (χ3v) is 3.43. The van der Waals surface area contributed by atoms with Crippen molar-refractivity contribution in [2.24, 2.45) is 5.92 Å². The second-order valence-electron chi connectivity index (χ2n) is 4.54. The van der Waals surface area contributed by atoms with Crippen LogP contribution in [0.3, 0.4) is 0 Å². The molecule has 1 N–H and O–H groups in total. The van der Waals surface area contributed by atoms with Gasteiger partial charge >= 0.3 is 0 Å². The van der Waals surface area contributed by atoms with Gasteiger partial charge in [0.15, 0.2) is 0 Å². The molecular weight excluding hydrogens is 240 g/mol. The van der Waals surface area contributed by atoms with Gasteiger partial charge in [-0.25, -0.2) is 0 Å². The summed E-state index contributed by atoms with van der Waals surface area (Å²) in [5.41, 5.74) is 0.801. The molecule has 1 aromatic carbocycles. The molecule has 1 aliphatic carbocycles. The molecule has 2 rings (SSSR count). The third-order valence-electron chi connectivity index (χ3n) is 2.90. The Hall–Kier alpha value is -0.340. The smallest absolute Gasteiger partial charge is 0.0693 e. The Balaban J connectivity index is 2.01. The van der Waals surface area contributed by atoms with Crippen molar-refractivity contribution in [3.63, 3.8) is 0 Å². The fraction of sp³-hybridized carbons (Fsp3) is 0.500. The molecule has 1 saturated carbocycles. The molecule has 0 spiro atoms. The minimum Gasteiger partial charge on any atom is -0.390 e. The lowest BCUT2D eigenvalue weighted by atomic mass is 9.69. The number of benzene rings is 1. The highest BCUT2D eigenvalue weighted by molar-refractivity contribution is 9.10. The molecule has 0 aromatic heterocycles. The average molecular weight is 255 g/mol. The number of hydrogen-bond donors (Lipinski definition) is 1. The van der Waals surface area contributed by atoms with Crippen molar-refractivity contribution in [3.05, 3.63) is 34.3 Å². The number of hydrogen-bond acceptors (Lipinski definition) is 1. The zero-order valence-electron chi connectivity index (χ0n) is 8.33. The van der Waals surface area contributed by atoms with E-state index in [0.717, 1.165) is 23.7 Å². The van der Waals surface area contributed by atoms with E-state index < -0.39 is 5.60 Å². The summed E-state index contributed by atoms with van der Waals surface area (Å²) in [5.74, 6) is 0.690. The van der Waals surface area contributed by atoms with E-state index in [4.69, 9.17) is 0 Å². The zero-order valence-corrected chi connectivity index (χ0v) is 9.92. The molecule has 0 bridgehead atoms. The minimum absolute atomic E-state index is 0.423. The summed E-state index contributed by atoms with van der Waals surface area (Å²) < 4.78 is 1.09. The van der Waals surface area contributed by atoms with Crippen LogP contribution >= 0.6 is 15.9 Å². The van der Waals surface area contributed by atoms with Crippen LogP contribution < -0.4 is 0 Å². The van der Waals surface area contributed by atoms with Crippen molar-refractivity contribution in [1.29, 1.82) is 0 Å². The second kappa shape index (κ2) is 3.67. The molecule has 0 amide bonds. The maximum atomic E-state index is 10.1. The Morgan fingerprint density at radius 2 is 1.93 bits per heavy atom. The predicted molar refractivity (Wildman–Crippen MR) is 61.2 cm³/mol. The molecule has 1 fully saturated rings. The third kappa shape index (κ3) is 2.18. The summed E-state index contributed by atoms with van der Waals surface area (Å²) in [7, 11) is 0. The number of aliphatic hydroxyl groups is 1. The first-order chi connectivity index (χ1) is 6.57. The van der Waals surface area contributed by atoms with Crippen molar-refractivity contribution in [2.45, 2.75) is 31.8 Å². The van der Waals surface area contributed by atoms with Crippen molar-refractivity contribution in [3.8, 4) is 0 Å². The summed E-state index contributed by atoms with van der Waals surface area (Å²) in [6, 6.07) is 8.21. The Labute approximate surface area is 93.3 Å². The molecule has 0 radical (unpaired) electrons. The molecular formula is C12H15BrO. The average Bonchev–Trinajstić information content (AvgIpc) is 2.07. The predicted octanol–water partition coefficient (Wildman–Crippen LogP) is 3.15. The van der Waals surface area contributed by atoms with Crippen LogP contribution in [0.5, 0.6) is 0 Å². The molecule has 2 heteroatoms. The molecule has 0 aliphatic heterocycles. The molecule has 76 valence electrons. The molecule has 1 nitrogen and oxygen atoms in total. The Morgan fingerprint density at radius 1 is 1.36 bits per heavy atom. The summed E-state index contributed by atoms with van der Waals surface area (Å²) in [6.07, 6.45) is 2.69. The van der Waals surface area contributed by atoms with Gasteiger partial charge in [0.2, 0.25) is 0 Å². The highest BCUT2D eigenvalue weighted by Crippen LogP contribution is 2.39. The molecule has 14 heavy (non-hydrogen) atoms. The standard InChI is InChI=1S/C12H15BrO/c1-9-6-12(14,7-9)8-10-2-4-11(13)5-3-10/h2-5,9,14H,6-8H2,1H3. The summed E-state index contributed by atoms with van der Waals surface area (Å²) in [5, 5.41) is 10.1. The van der Waals surface area contributed by atoms with E-state index in [1.807, 2.05) is 12.1 Å². The van der Waals surface area contributed by atoms with Gasteiger partial charge in [-0.05, 0) is 36.5 Å². The first kappa shape index (κ1) is 10.2. The monoisotopic (exact) mass is 254 g/mol. The van der Waals surface area contributed by atoms with Crippen LogP contribution in [0.25, 0.3) is 0 Å². The highest BCUT2D eigenvalue weighted by atomic mass is 79.9. The highest BCUT2D eigenvalue weighted by Gasteiger charge is 2.39. The Kier molecular flexibility index (Phi) is 2.67. The molecule has 1 aromatic rings. The van der Waals surface area contributed by atoms with Crippen LogP contribution in [0.15, 0.2) is 28.7 Å². The first-order valence-electron chi connectivity index (χ1n) is 5.04. The second-order valence-corrected chi connectivity index (χ2v) is 5.46. The topological polar surface area (TPSA) is 20.2 Å². The van der Waals surface area contributed by atoms with Crippen molar-refractivity contribution in [1.82, 2.24) is 0 Å². The quantitative estimate of drug-likeness (QED) is 0.860. The molecule has 0 unspecified atom stereocenters. The molecule has 0 heterocycles. The lowest BCUT2D eigenvalue weighted by Crippen LogP contribution is -2.44. The Morgan fingerprint density at radius 3 is 2.43 bits per heavy atom. The van der Waals surface area contributed by atoms with Crippen LogP contribution in [0, 0.1) is 5.92 Å². The van der Waals surface area contributed by atoms with Crippen LogP contribution in [0.4, 0.5) is 0 Å². The zero-order chi connectivity index (χ0) is 10.2. The van der Waals surface area contributed by atoms with E-state index in [2.05, 4.69) is 35.0 Å². The van der Waals surface area contributed by atoms with Gasteiger partial charge in [0.1, 0.15) is 0 Å². The van der Waals surface area contributed by atoms with Gasteiger partial charge in [0.25, 0.3) is 0 Å². The number of rotatable bonds is 2. The van der Waals surface area contributed by atoms with Gasteiger partial charge in [-0.15, -0.1) is 0 Å². The van der Waals surface area contributed by atoms with Gasteiger partial charge in [-0.3, -0.25) is 0 Å². The van der Waals surface area contributed by atoms with Gasteiger partial charge in [0, 0.05) is 10.9 Å². The molecule has 1 aliphatic rings. The maximum absolute atomic E-state index is 10.1. The van der Waals surface area contributed by atoms with E-state index >= 15 is 0 Å². The van der Waals surface area contributed by atoms with Crippen LogP contribution in [-0.2, 0) is 6.42 Å². The van der Waals surface area contributed by atoms with E-state index in [-0.39, 0.29) is 0 Å². The minimum atomic E-state index is -0.423. The summed E-state index contributed by atoms with van der Waals surface area (Å²) in [4.78, 5) is 0. The van der Waals surface area contributed by atoms with Gasteiger partial charge < -0.3 is 5.11 Å². The lowest BCUT2D eigenvalue weighted by molar-refractivity contribution is -0.0665. The molecule has 0 saturated heterocycles. The lowest BCUT2D eigenvalue weighted by Gasteiger charge is -2.42. The van der Waals surface area contributed by atoms with Crippen molar-refractivity contribution >= 4 is 15.9 Å². The number of halogens is 1. The summed E-state index contributed by atoms with van der Waals surface area (Å²) in [6.45, 7) is 2.19. The van der Waals surface area contributed by atoms with Gasteiger partial charge in [0.05, 0.1) is 5.60 Å². The fourth-order valence-electron chi connectivity index (χ4n) is 2.36. The normalized spacial score (nSPS) is 31.2. The van der Waals surface area contributed by atoms with E-state index in [1.165, 1.54) is 5.56 Å². The maximum Gasteiger partial charge on any atom is 0.0693 e. The van der Waals surface area contributed by atoms with Crippen molar-refractivity contribution < 1.29 is 5.11 Å². The Bertz CT molecular complexity index is 312. The molecule has 0 atom stereocenters. The van der Waals surface area contributed by atoms with Crippen LogP contribution in [0.1, 0.15) is 25.3 Å². The van der Waals surface area contributed by atoms with Gasteiger partial charge in [-0.2, -0.15) is 0 Å². The van der Waals surface area contributed by atoms with E-state index in [9.17, 15) is 5.11 Å². The van der Waals surface area contributed by atoms with Crippen molar-refractivity contribution in [2.75, 3.05) is 0 Å². The van der Waals surface area contributed by atoms with E-state index in [1.54, 1.807) is 0 Å².